The highest BCUT2D eigenvalue weighted by atomic mass is 16.7. The SMILES string of the molecule is CCCC=CN=CCn1cc(C(=O)N(C)OC)c(=O)c2ccccc21. The van der Waals surface area contributed by atoms with Gasteiger partial charge in [-0.25, -0.2) is 5.06 Å². The maximum Gasteiger partial charge on any atom is 0.282 e. The molecule has 2 rings (SSSR count). The van der Waals surface area contributed by atoms with Gasteiger partial charge in [0.15, 0.2) is 0 Å². The number of aromatic nitrogens is 1. The quantitative estimate of drug-likeness (QED) is 0.574. The average molecular weight is 341 g/mol. The molecule has 6 heteroatoms. The molecule has 2 aromatic rings. The number of rotatable bonds is 7. The lowest BCUT2D eigenvalue weighted by Crippen LogP contribution is -2.31. The van der Waals surface area contributed by atoms with E-state index >= 15 is 0 Å². The zero-order valence-corrected chi connectivity index (χ0v) is 14.8. The maximum atomic E-state index is 12.6. The van der Waals surface area contributed by atoms with Gasteiger partial charge < -0.3 is 4.57 Å². The molecule has 6 nitrogen and oxygen atoms in total. The molecule has 0 bridgehead atoms. The highest BCUT2D eigenvalue weighted by Crippen LogP contribution is 2.12. The number of carbonyl (C=O) groups is 1. The first-order valence-corrected chi connectivity index (χ1v) is 8.21. The fourth-order valence-corrected chi connectivity index (χ4v) is 2.40. The van der Waals surface area contributed by atoms with Gasteiger partial charge in [-0.2, -0.15) is 0 Å². The van der Waals surface area contributed by atoms with Crippen molar-refractivity contribution in [1.82, 2.24) is 9.63 Å². The number of pyridine rings is 1. The number of hydrogen-bond acceptors (Lipinski definition) is 4. The van der Waals surface area contributed by atoms with Crippen LogP contribution >= 0.6 is 0 Å². The van der Waals surface area contributed by atoms with Gasteiger partial charge in [0, 0.05) is 31.0 Å². The van der Waals surface area contributed by atoms with E-state index in [9.17, 15) is 9.59 Å². The average Bonchev–Trinajstić information content (AvgIpc) is 2.65. The molecule has 132 valence electrons. The number of allylic oxidation sites excluding steroid dienone is 1. The molecule has 25 heavy (non-hydrogen) atoms. The molecule has 1 heterocycles. The number of fused-ring (bicyclic) bond motifs is 1. The summed E-state index contributed by atoms with van der Waals surface area (Å²) < 4.78 is 1.84. The van der Waals surface area contributed by atoms with Gasteiger partial charge in [-0.05, 0) is 18.6 Å². The van der Waals surface area contributed by atoms with Gasteiger partial charge in [-0.15, -0.1) is 0 Å². The summed E-state index contributed by atoms with van der Waals surface area (Å²) in [5, 5.41) is 1.53. The van der Waals surface area contributed by atoms with Crippen LogP contribution in [0.25, 0.3) is 10.9 Å². The zero-order chi connectivity index (χ0) is 18.2. The summed E-state index contributed by atoms with van der Waals surface area (Å²) in [5.74, 6) is -0.480. The molecule has 0 unspecified atom stereocenters. The molecule has 0 saturated heterocycles. The molecular weight excluding hydrogens is 318 g/mol. The van der Waals surface area contributed by atoms with Crippen molar-refractivity contribution in [3.63, 3.8) is 0 Å². The minimum Gasteiger partial charge on any atom is -0.341 e. The molecule has 0 radical (unpaired) electrons. The number of hydroxylamine groups is 2. The van der Waals surface area contributed by atoms with E-state index in [0.717, 1.165) is 23.4 Å². The van der Waals surface area contributed by atoms with Crippen molar-refractivity contribution in [2.24, 2.45) is 4.99 Å². The number of benzene rings is 1. The van der Waals surface area contributed by atoms with Crippen molar-refractivity contribution >= 4 is 23.0 Å². The second-order valence-electron chi connectivity index (χ2n) is 5.53. The molecule has 0 aliphatic rings. The summed E-state index contributed by atoms with van der Waals surface area (Å²) >= 11 is 0. The van der Waals surface area contributed by atoms with Crippen LogP contribution in [0.2, 0.25) is 0 Å². The van der Waals surface area contributed by atoms with Crippen LogP contribution in [-0.4, -0.2) is 35.9 Å². The number of amides is 1. The molecule has 0 aliphatic carbocycles. The van der Waals surface area contributed by atoms with Gasteiger partial charge in [0.05, 0.1) is 19.2 Å². The lowest BCUT2D eigenvalue weighted by molar-refractivity contribution is -0.0758. The molecular formula is C19H23N3O3. The van der Waals surface area contributed by atoms with E-state index in [1.165, 1.54) is 14.2 Å². The van der Waals surface area contributed by atoms with Crippen LogP contribution in [0.4, 0.5) is 0 Å². The van der Waals surface area contributed by atoms with Crippen LogP contribution in [0.5, 0.6) is 0 Å². The second kappa shape index (κ2) is 8.94. The summed E-state index contributed by atoms with van der Waals surface area (Å²) in [5.41, 5.74) is 0.520. The van der Waals surface area contributed by atoms with Crippen LogP contribution in [-0.2, 0) is 11.4 Å². The van der Waals surface area contributed by atoms with Crippen LogP contribution in [0.15, 0.2) is 52.5 Å². The molecule has 0 atom stereocenters. The molecule has 0 fully saturated rings. The third kappa shape index (κ3) is 4.42. The van der Waals surface area contributed by atoms with Crippen LogP contribution in [0.1, 0.15) is 30.1 Å². The Hall–Kier alpha value is -2.73. The molecule has 1 amide bonds. The first-order chi connectivity index (χ1) is 12.1. The Balaban J connectivity index is 2.43. The highest BCUT2D eigenvalue weighted by molar-refractivity contribution is 5.96. The van der Waals surface area contributed by atoms with E-state index in [1.54, 1.807) is 30.7 Å². The summed E-state index contributed by atoms with van der Waals surface area (Å²) in [6.45, 7) is 2.56. The molecule has 0 saturated carbocycles. The summed E-state index contributed by atoms with van der Waals surface area (Å²) in [4.78, 5) is 34.2. The summed E-state index contributed by atoms with van der Waals surface area (Å²) in [7, 11) is 2.86. The Morgan fingerprint density at radius 3 is 2.84 bits per heavy atom. The minimum atomic E-state index is -0.480. The number of para-hydroxylation sites is 1. The van der Waals surface area contributed by atoms with Gasteiger partial charge in [-0.3, -0.25) is 19.4 Å². The standard InChI is InChI=1S/C19H23N3O3/c1-4-5-8-11-20-12-13-22-14-16(19(24)21(2)25-3)18(23)15-9-6-7-10-17(15)22/h6-12,14H,4-5,13H2,1-3H3. The fraction of sp³-hybridized carbons (Fsp3) is 0.316. The number of aliphatic imine (C=N–C) groups is 1. The third-order valence-electron chi connectivity index (χ3n) is 3.81. The van der Waals surface area contributed by atoms with Gasteiger partial charge in [0.25, 0.3) is 5.91 Å². The van der Waals surface area contributed by atoms with Gasteiger partial charge >= 0.3 is 0 Å². The maximum absolute atomic E-state index is 12.6. The molecule has 1 aromatic carbocycles. The third-order valence-corrected chi connectivity index (χ3v) is 3.81. The van der Waals surface area contributed by atoms with Gasteiger partial charge in [0.1, 0.15) is 5.56 Å². The van der Waals surface area contributed by atoms with Crippen molar-refractivity contribution < 1.29 is 9.63 Å². The molecule has 0 spiro atoms. The van der Waals surface area contributed by atoms with Crippen molar-refractivity contribution in [3.05, 3.63) is 58.5 Å². The monoisotopic (exact) mass is 341 g/mol. The number of nitrogens with zero attached hydrogens (tertiary/aromatic N) is 3. The summed E-state index contributed by atoms with van der Waals surface area (Å²) in [6, 6.07) is 7.21. The topological polar surface area (TPSA) is 63.9 Å². The number of carbonyl (C=O) groups excluding carboxylic acids is 1. The van der Waals surface area contributed by atoms with E-state index in [1.807, 2.05) is 22.8 Å². The zero-order valence-electron chi connectivity index (χ0n) is 14.8. The Kier molecular flexibility index (Phi) is 6.65. The lowest BCUT2D eigenvalue weighted by atomic mass is 10.1. The van der Waals surface area contributed by atoms with Gasteiger partial charge in [-0.1, -0.05) is 31.6 Å². The first kappa shape index (κ1) is 18.6. The predicted molar refractivity (Wildman–Crippen MR) is 99.9 cm³/mol. The minimum absolute atomic E-state index is 0.0676. The highest BCUT2D eigenvalue weighted by Gasteiger charge is 2.18. The smallest absolute Gasteiger partial charge is 0.282 e. The van der Waals surface area contributed by atoms with Crippen molar-refractivity contribution in [3.8, 4) is 0 Å². The van der Waals surface area contributed by atoms with Crippen molar-refractivity contribution in [2.75, 3.05) is 14.2 Å². The van der Waals surface area contributed by atoms with E-state index in [-0.39, 0.29) is 11.0 Å². The molecule has 0 aliphatic heterocycles. The Labute approximate surface area is 147 Å². The second-order valence-corrected chi connectivity index (χ2v) is 5.53. The van der Waals surface area contributed by atoms with E-state index in [2.05, 4.69) is 11.9 Å². The van der Waals surface area contributed by atoms with E-state index in [4.69, 9.17) is 4.84 Å². The molecule has 0 N–H and O–H groups in total. The van der Waals surface area contributed by atoms with E-state index < -0.39 is 5.91 Å². The predicted octanol–water partition coefficient (Wildman–Crippen LogP) is 3.02. The fourth-order valence-electron chi connectivity index (χ4n) is 2.40. The first-order valence-electron chi connectivity index (χ1n) is 8.21. The van der Waals surface area contributed by atoms with E-state index in [0.29, 0.717) is 11.9 Å². The lowest BCUT2D eigenvalue weighted by Gasteiger charge is -2.15. The van der Waals surface area contributed by atoms with Crippen molar-refractivity contribution in [2.45, 2.75) is 26.3 Å². The molecule has 1 aromatic heterocycles. The van der Waals surface area contributed by atoms with Crippen LogP contribution in [0.3, 0.4) is 0 Å². The normalized spacial score (nSPS) is 11.6. The van der Waals surface area contributed by atoms with Crippen LogP contribution < -0.4 is 5.43 Å². The Morgan fingerprint density at radius 1 is 1.36 bits per heavy atom. The Bertz CT molecular complexity index is 853. The van der Waals surface area contributed by atoms with Crippen molar-refractivity contribution in [1.29, 1.82) is 0 Å². The number of unbranched alkanes of at least 4 members (excludes halogenated alkanes) is 1. The number of hydrogen-bond donors (Lipinski definition) is 0. The van der Waals surface area contributed by atoms with Crippen LogP contribution in [0, 0.1) is 0 Å². The largest absolute Gasteiger partial charge is 0.341 e. The Morgan fingerprint density at radius 2 is 2.12 bits per heavy atom. The summed E-state index contributed by atoms with van der Waals surface area (Å²) in [6.07, 6.45) is 9.14. The van der Waals surface area contributed by atoms with Gasteiger partial charge in [0.2, 0.25) is 5.43 Å².